The van der Waals surface area contributed by atoms with Crippen LogP contribution >= 0.6 is 11.6 Å². The molecule has 0 saturated carbocycles. The number of aryl methyl sites for hydroxylation is 1. The fourth-order valence-corrected chi connectivity index (χ4v) is 2.95. The van der Waals surface area contributed by atoms with E-state index in [4.69, 9.17) is 16.3 Å². The second-order valence-electron chi connectivity index (χ2n) is 5.77. The summed E-state index contributed by atoms with van der Waals surface area (Å²) in [5.74, 6) is 1.43. The summed E-state index contributed by atoms with van der Waals surface area (Å²) in [5, 5.41) is 10.6. The minimum Gasteiger partial charge on any atom is -0.492 e. The molecule has 0 bridgehead atoms. The number of nitrogens with zero attached hydrogens (tertiary/aromatic N) is 2. The number of benzene rings is 2. The van der Waals surface area contributed by atoms with Crippen molar-refractivity contribution in [2.75, 3.05) is 6.61 Å². The number of halogens is 1. The maximum absolute atomic E-state index is 9.96. The van der Waals surface area contributed by atoms with Crippen LogP contribution in [0, 0.1) is 0 Å². The molecule has 0 radical (unpaired) electrons. The molecule has 24 heavy (non-hydrogen) atoms. The van der Waals surface area contributed by atoms with E-state index in [0.717, 1.165) is 36.2 Å². The van der Waals surface area contributed by atoms with Crippen LogP contribution in [-0.2, 0) is 6.54 Å². The van der Waals surface area contributed by atoms with E-state index in [1.165, 1.54) is 0 Å². The van der Waals surface area contributed by atoms with Gasteiger partial charge in [0.1, 0.15) is 17.7 Å². The Kier molecular flexibility index (Phi) is 5.38. The molecule has 0 unspecified atom stereocenters. The molecule has 5 heteroatoms. The standard InChI is InChI=1S/C19H21ClN2O2/c1-14(23)19-21-16-9-3-4-10-17(16)22(19)12-6-7-13-24-18-11-5-2-8-15(18)20/h2-5,8-11,14,23H,6-7,12-13H2,1H3/t14-/m0/s1. The van der Waals surface area contributed by atoms with Crippen molar-refractivity contribution in [2.24, 2.45) is 0 Å². The van der Waals surface area contributed by atoms with E-state index in [1.807, 2.05) is 48.5 Å². The third-order valence-electron chi connectivity index (χ3n) is 3.93. The quantitative estimate of drug-likeness (QED) is 0.637. The molecule has 3 aromatic rings. The van der Waals surface area contributed by atoms with Crippen LogP contribution in [0.3, 0.4) is 0 Å². The molecule has 0 spiro atoms. The van der Waals surface area contributed by atoms with Gasteiger partial charge >= 0.3 is 0 Å². The van der Waals surface area contributed by atoms with E-state index in [2.05, 4.69) is 9.55 Å². The summed E-state index contributed by atoms with van der Waals surface area (Å²) in [5.41, 5.74) is 1.97. The zero-order valence-electron chi connectivity index (χ0n) is 13.7. The second kappa shape index (κ2) is 7.69. The molecular formula is C19H21ClN2O2. The lowest BCUT2D eigenvalue weighted by molar-refractivity contribution is 0.184. The monoisotopic (exact) mass is 344 g/mol. The van der Waals surface area contributed by atoms with Crippen molar-refractivity contribution in [2.45, 2.75) is 32.4 Å². The molecule has 0 saturated heterocycles. The predicted octanol–water partition coefficient (Wildman–Crippen LogP) is 4.60. The Labute approximate surface area is 146 Å². The van der Waals surface area contributed by atoms with Crippen LogP contribution < -0.4 is 4.74 Å². The third kappa shape index (κ3) is 3.71. The van der Waals surface area contributed by atoms with Crippen LogP contribution in [0.1, 0.15) is 31.7 Å². The van der Waals surface area contributed by atoms with Gasteiger partial charge in [-0.25, -0.2) is 4.98 Å². The minimum atomic E-state index is -0.586. The largest absolute Gasteiger partial charge is 0.492 e. The lowest BCUT2D eigenvalue weighted by Crippen LogP contribution is -2.08. The highest BCUT2D eigenvalue weighted by Gasteiger charge is 2.13. The molecule has 1 aromatic heterocycles. The third-order valence-corrected chi connectivity index (χ3v) is 4.24. The van der Waals surface area contributed by atoms with Gasteiger partial charge in [0.15, 0.2) is 0 Å². The molecule has 2 aromatic carbocycles. The Morgan fingerprint density at radius 2 is 1.88 bits per heavy atom. The maximum atomic E-state index is 9.96. The Hall–Kier alpha value is -2.04. The number of para-hydroxylation sites is 3. The number of hydrogen-bond acceptors (Lipinski definition) is 3. The van der Waals surface area contributed by atoms with Gasteiger partial charge in [0, 0.05) is 6.54 Å². The Bertz CT molecular complexity index is 814. The van der Waals surface area contributed by atoms with Crippen LogP contribution in [0.4, 0.5) is 0 Å². The number of unbranched alkanes of at least 4 members (excludes halogenated alkanes) is 1. The highest BCUT2D eigenvalue weighted by Crippen LogP contribution is 2.24. The van der Waals surface area contributed by atoms with Crippen LogP contribution in [0.15, 0.2) is 48.5 Å². The lowest BCUT2D eigenvalue weighted by Gasteiger charge is -2.11. The van der Waals surface area contributed by atoms with Crippen LogP contribution in [-0.4, -0.2) is 21.3 Å². The molecule has 0 amide bonds. The number of aliphatic hydroxyl groups excluding tert-OH is 1. The number of ether oxygens (including phenoxy) is 1. The molecule has 0 aliphatic carbocycles. The second-order valence-corrected chi connectivity index (χ2v) is 6.18. The summed E-state index contributed by atoms with van der Waals surface area (Å²) < 4.78 is 7.81. The zero-order valence-corrected chi connectivity index (χ0v) is 14.4. The molecular weight excluding hydrogens is 324 g/mol. The van der Waals surface area contributed by atoms with Crippen molar-refractivity contribution in [3.05, 3.63) is 59.4 Å². The average Bonchev–Trinajstić information content (AvgIpc) is 2.95. The number of rotatable bonds is 7. The topological polar surface area (TPSA) is 47.3 Å². The number of imidazole rings is 1. The molecule has 0 aliphatic rings. The molecule has 1 N–H and O–H groups in total. The minimum absolute atomic E-state index is 0.586. The molecule has 4 nitrogen and oxygen atoms in total. The van der Waals surface area contributed by atoms with Gasteiger partial charge in [-0.2, -0.15) is 0 Å². The number of aliphatic hydroxyl groups is 1. The summed E-state index contributed by atoms with van der Waals surface area (Å²) in [6.07, 6.45) is 1.25. The number of aromatic nitrogens is 2. The Balaban J connectivity index is 1.60. The van der Waals surface area contributed by atoms with E-state index < -0.39 is 6.10 Å². The van der Waals surface area contributed by atoms with Crippen molar-refractivity contribution in [1.29, 1.82) is 0 Å². The van der Waals surface area contributed by atoms with Crippen LogP contribution in [0.5, 0.6) is 5.75 Å². The molecule has 0 fully saturated rings. The summed E-state index contributed by atoms with van der Waals surface area (Å²) in [6.45, 7) is 3.16. The van der Waals surface area contributed by atoms with Gasteiger partial charge in [-0.1, -0.05) is 35.9 Å². The lowest BCUT2D eigenvalue weighted by atomic mass is 10.2. The van der Waals surface area contributed by atoms with Gasteiger partial charge in [-0.05, 0) is 44.0 Å². The SMILES string of the molecule is C[C@H](O)c1nc2ccccc2n1CCCCOc1ccccc1Cl. The van der Waals surface area contributed by atoms with Crippen molar-refractivity contribution >= 4 is 22.6 Å². The first-order valence-corrected chi connectivity index (χ1v) is 8.55. The van der Waals surface area contributed by atoms with Crippen molar-refractivity contribution in [3.8, 4) is 5.75 Å². The van der Waals surface area contributed by atoms with Gasteiger partial charge in [0.25, 0.3) is 0 Å². The Morgan fingerprint density at radius 3 is 2.67 bits per heavy atom. The first-order chi connectivity index (χ1) is 11.7. The number of hydrogen-bond donors (Lipinski definition) is 1. The van der Waals surface area contributed by atoms with Crippen LogP contribution in [0.25, 0.3) is 11.0 Å². The van der Waals surface area contributed by atoms with Gasteiger partial charge in [0.05, 0.1) is 22.7 Å². The maximum Gasteiger partial charge on any atom is 0.138 e. The van der Waals surface area contributed by atoms with E-state index in [0.29, 0.717) is 17.5 Å². The normalized spacial score (nSPS) is 12.5. The van der Waals surface area contributed by atoms with Gasteiger partial charge in [0.2, 0.25) is 0 Å². The smallest absolute Gasteiger partial charge is 0.138 e. The summed E-state index contributed by atoms with van der Waals surface area (Å²) in [4.78, 5) is 4.53. The van der Waals surface area contributed by atoms with Crippen LogP contribution in [0.2, 0.25) is 5.02 Å². The summed E-state index contributed by atoms with van der Waals surface area (Å²) in [6, 6.07) is 15.5. The van der Waals surface area contributed by atoms with E-state index in [9.17, 15) is 5.11 Å². The predicted molar refractivity (Wildman–Crippen MR) is 96.5 cm³/mol. The van der Waals surface area contributed by atoms with Gasteiger partial charge < -0.3 is 14.4 Å². The van der Waals surface area contributed by atoms with E-state index in [-0.39, 0.29) is 0 Å². The molecule has 1 heterocycles. The fraction of sp³-hybridized carbons (Fsp3) is 0.316. The van der Waals surface area contributed by atoms with Crippen molar-refractivity contribution < 1.29 is 9.84 Å². The van der Waals surface area contributed by atoms with Gasteiger partial charge in [-0.3, -0.25) is 0 Å². The highest BCUT2D eigenvalue weighted by atomic mass is 35.5. The fourth-order valence-electron chi connectivity index (χ4n) is 2.76. The Morgan fingerprint density at radius 1 is 1.12 bits per heavy atom. The molecule has 0 aliphatic heterocycles. The average molecular weight is 345 g/mol. The molecule has 1 atom stereocenters. The number of fused-ring (bicyclic) bond motifs is 1. The van der Waals surface area contributed by atoms with Crippen molar-refractivity contribution in [3.63, 3.8) is 0 Å². The first kappa shape index (κ1) is 16.8. The van der Waals surface area contributed by atoms with Gasteiger partial charge in [-0.15, -0.1) is 0 Å². The molecule has 3 rings (SSSR count). The summed E-state index contributed by atoms with van der Waals surface area (Å²) in [7, 11) is 0. The van der Waals surface area contributed by atoms with E-state index in [1.54, 1.807) is 6.92 Å². The zero-order chi connectivity index (χ0) is 16.9. The van der Waals surface area contributed by atoms with Crippen molar-refractivity contribution in [1.82, 2.24) is 9.55 Å². The first-order valence-electron chi connectivity index (χ1n) is 8.17. The summed E-state index contributed by atoms with van der Waals surface area (Å²) >= 11 is 6.07. The van der Waals surface area contributed by atoms with E-state index >= 15 is 0 Å². The highest BCUT2D eigenvalue weighted by molar-refractivity contribution is 6.32. The molecule has 126 valence electrons.